The lowest BCUT2D eigenvalue weighted by molar-refractivity contribution is -0.112. The number of nitrogens with one attached hydrogen (secondary N) is 1. The first-order chi connectivity index (χ1) is 17.8. The van der Waals surface area contributed by atoms with Gasteiger partial charge in [0.25, 0.3) is 5.91 Å². The van der Waals surface area contributed by atoms with Gasteiger partial charge < -0.3 is 18.9 Å². The molecular weight excluding hydrogens is 516 g/mol. The first kappa shape index (κ1) is 27.8. The summed E-state index contributed by atoms with van der Waals surface area (Å²) in [6.07, 6.45) is 2.17. The summed E-state index contributed by atoms with van der Waals surface area (Å²) < 4.78 is 22.1. The summed E-state index contributed by atoms with van der Waals surface area (Å²) in [4.78, 5) is 12.6. The molecule has 0 unspecified atom stereocenters. The Hall–Kier alpha value is -3.81. The third-order valence-corrected chi connectivity index (χ3v) is 5.98. The molecule has 37 heavy (non-hydrogen) atoms. The lowest BCUT2D eigenvalue weighted by Gasteiger charge is -2.14. The first-order valence-electron chi connectivity index (χ1n) is 11.4. The number of carbonyl (C=O) groups is 1. The van der Waals surface area contributed by atoms with Crippen molar-refractivity contribution in [3.63, 3.8) is 0 Å². The van der Waals surface area contributed by atoms with Gasteiger partial charge in [0.05, 0.1) is 19.2 Å². The molecule has 0 saturated heterocycles. The Morgan fingerprint density at radius 2 is 1.89 bits per heavy atom. The predicted molar refractivity (Wildman–Crippen MR) is 143 cm³/mol. The van der Waals surface area contributed by atoms with Gasteiger partial charge in [-0.15, -0.1) is 10.2 Å². The number of ether oxygens (including phenoxy) is 4. The number of methoxy groups -OCH3 is 2. The van der Waals surface area contributed by atoms with E-state index in [2.05, 4.69) is 29.4 Å². The van der Waals surface area contributed by atoms with E-state index in [4.69, 9.17) is 30.5 Å². The summed E-state index contributed by atoms with van der Waals surface area (Å²) in [6.45, 7) is 4.61. The van der Waals surface area contributed by atoms with E-state index < -0.39 is 5.91 Å². The third-order valence-electron chi connectivity index (χ3n) is 4.84. The maximum Gasteiger partial charge on any atom is 0.268 e. The molecule has 9 nitrogen and oxygen atoms in total. The molecule has 194 valence electrons. The number of hydrogen-bond donors (Lipinski definition) is 1. The quantitative estimate of drug-likeness (QED) is 0.183. The van der Waals surface area contributed by atoms with Gasteiger partial charge >= 0.3 is 0 Å². The fraction of sp³-hybridized carbons (Fsp3) is 0.308. The van der Waals surface area contributed by atoms with Gasteiger partial charge in [-0.25, -0.2) is 0 Å². The Kier molecular flexibility index (Phi) is 10.1. The van der Waals surface area contributed by atoms with Crippen molar-refractivity contribution < 1.29 is 23.7 Å². The lowest BCUT2D eigenvalue weighted by atomic mass is 10.1. The van der Waals surface area contributed by atoms with E-state index in [0.29, 0.717) is 39.6 Å². The molecule has 0 bridgehead atoms. The highest BCUT2D eigenvalue weighted by Crippen LogP contribution is 2.37. The van der Waals surface area contributed by atoms with Crippen molar-refractivity contribution in [3.05, 3.63) is 57.6 Å². The second-order valence-corrected chi connectivity index (χ2v) is 9.60. The molecule has 1 heterocycles. The van der Waals surface area contributed by atoms with Crippen molar-refractivity contribution in [1.82, 2.24) is 10.2 Å². The molecule has 0 radical (unpaired) electrons. The smallest absolute Gasteiger partial charge is 0.268 e. The van der Waals surface area contributed by atoms with Crippen LogP contribution in [-0.2, 0) is 11.2 Å². The normalized spacial score (nSPS) is 11.1. The molecule has 3 rings (SSSR count). The summed E-state index contributed by atoms with van der Waals surface area (Å²) in [6, 6.07) is 12.4. The zero-order valence-corrected chi connectivity index (χ0v) is 22.5. The number of hydrogen-bond acceptors (Lipinski definition) is 9. The van der Waals surface area contributed by atoms with Crippen molar-refractivity contribution in [1.29, 1.82) is 5.26 Å². The average molecular weight is 543 g/mol. The molecule has 0 spiro atoms. The number of nitriles is 1. The van der Waals surface area contributed by atoms with Crippen LogP contribution in [0.3, 0.4) is 0 Å². The molecule has 11 heteroatoms. The number of carbonyl (C=O) groups excluding carboxylic acids is 1. The summed E-state index contributed by atoms with van der Waals surface area (Å²) >= 11 is 7.72. The monoisotopic (exact) mass is 542 g/mol. The maximum absolute atomic E-state index is 12.6. The summed E-state index contributed by atoms with van der Waals surface area (Å²) in [5.41, 5.74) is 0.366. The van der Waals surface area contributed by atoms with E-state index in [1.165, 1.54) is 24.5 Å². The Morgan fingerprint density at radius 1 is 1.14 bits per heavy atom. The van der Waals surface area contributed by atoms with E-state index in [1.54, 1.807) is 25.3 Å². The number of amides is 1. The van der Waals surface area contributed by atoms with Crippen LogP contribution in [0.4, 0.5) is 5.13 Å². The molecule has 1 amide bonds. The topological polar surface area (TPSA) is 116 Å². The Labute approximate surface area is 224 Å². The van der Waals surface area contributed by atoms with Gasteiger partial charge in [0, 0.05) is 12.5 Å². The standard InChI is InChI=1S/C26H27ClN4O5S/c1-16(2)10-23-30-31-26(37-23)29-25(32)18(15-28)11-17-12-21(27)24(22(13-17)34-4)36-9-8-35-20-7-5-6-19(14-20)33-3/h5-7,11-14,16H,8-10H2,1-4H3,(H,29,31,32). The maximum atomic E-state index is 12.6. The molecule has 0 aliphatic carbocycles. The van der Waals surface area contributed by atoms with Crippen LogP contribution in [-0.4, -0.2) is 43.5 Å². The summed E-state index contributed by atoms with van der Waals surface area (Å²) in [5.74, 6) is 1.83. The van der Waals surface area contributed by atoms with Gasteiger partial charge in [0.15, 0.2) is 11.5 Å². The number of benzene rings is 2. The average Bonchev–Trinajstić information content (AvgIpc) is 3.31. The fourth-order valence-corrected chi connectivity index (χ4v) is 4.39. The van der Waals surface area contributed by atoms with Gasteiger partial charge in [-0.1, -0.05) is 42.9 Å². The van der Waals surface area contributed by atoms with E-state index in [9.17, 15) is 10.1 Å². The molecular formula is C26H27ClN4O5S. The van der Waals surface area contributed by atoms with Gasteiger partial charge in [0.2, 0.25) is 5.13 Å². The van der Waals surface area contributed by atoms with Crippen molar-refractivity contribution in [2.75, 3.05) is 32.8 Å². The highest BCUT2D eigenvalue weighted by molar-refractivity contribution is 7.15. The second kappa shape index (κ2) is 13.5. The highest BCUT2D eigenvalue weighted by Gasteiger charge is 2.16. The van der Waals surface area contributed by atoms with E-state index >= 15 is 0 Å². The van der Waals surface area contributed by atoms with Crippen molar-refractivity contribution in [3.8, 4) is 29.1 Å². The Morgan fingerprint density at radius 3 is 2.59 bits per heavy atom. The fourth-order valence-electron chi connectivity index (χ4n) is 3.17. The SMILES string of the molecule is COc1cccc(OCCOc2c(Cl)cc(C=C(C#N)C(=O)Nc3nnc(CC(C)C)s3)cc2OC)c1. The number of halogens is 1. The highest BCUT2D eigenvalue weighted by atomic mass is 35.5. The minimum absolute atomic E-state index is 0.126. The Balaban J connectivity index is 1.66. The van der Waals surface area contributed by atoms with Crippen LogP contribution in [0.5, 0.6) is 23.0 Å². The van der Waals surface area contributed by atoms with E-state index in [-0.39, 0.29) is 23.8 Å². The van der Waals surface area contributed by atoms with Crippen molar-refractivity contribution >= 4 is 40.1 Å². The molecule has 0 aliphatic rings. The summed E-state index contributed by atoms with van der Waals surface area (Å²) in [7, 11) is 3.06. The Bertz CT molecular complexity index is 1300. The van der Waals surface area contributed by atoms with Gasteiger partial charge in [-0.3, -0.25) is 10.1 Å². The molecule has 1 aromatic heterocycles. The number of aromatic nitrogens is 2. The van der Waals surface area contributed by atoms with Crippen LogP contribution in [0, 0.1) is 17.2 Å². The van der Waals surface area contributed by atoms with Crippen LogP contribution < -0.4 is 24.3 Å². The van der Waals surface area contributed by atoms with Crippen LogP contribution in [0.25, 0.3) is 6.08 Å². The molecule has 0 aliphatic heterocycles. The third kappa shape index (κ3) is 8.10. The van der Waals surface area contributed by atoms with E-state index in [0.717, 1.165) is 11.4 Å². The van der Waals surface area contributed by atoms with E-state index in [1.807, 2.05) is 24.3 Å². The minimum Gasteiger partial charge on any atom is -0.497 e. The largest absolute Gasteiger partial charge is 0.497 e. The minimum atomic E-state index is -0.597. The molecule has 0 atom stereocenters. The molecule has 0 saturated carbocycles. The van der Waals surface area contributed by atoms with Gasteiger partial charge in [0.1, 0.15) is 41.4 Å². The number of nitrogens with zero attached hydrogens (tertiary/aromatic N) is 3. The molecule has 3 aromatic rings. The van der Waals surface area contributed by atoms with Crippen LogP contribution in [0.15, 0.2) is 42.0 Å². The molecule has 2 aromatic carbocycles. The lowest BCUT2D eigenvalue weighted by Crippen LogP contribution is -2.13. The van der Waals surface area contributed by atoms with Gasteiger partial charge in [-0.05, 0) is 41.8 Å². The first-order valence-corrected chi connectivity index (χ1v) is 12.5. The summed E-state index contributed by atoms with van der Waals surface area (Å²) in [5, 5.41) is 21.6. The van der Waals surface area contributed by atoms with Crippen LogP contribution in [0.1, 0.15) is 24.4 Å². The molecule has 1 N–H and O–H groups in total. The second-order valence-electron chi connectivity index (χ2n) is 8.13. The zero-order valence-electron chi connectivity index (χ0n) is 20.9. The number of rotatable bonds is 12. The van der Waals surface area contributed by atoms with Crippen LogP contribution >= 0.6 is 22.9 Å². The van der Waals surface area contributed by atoms with Crippen molar-refractivity contribution in [2.24, 2.45) is 5.92 Å². The van der Waals surface area contributed by atoms with Crippen molar-refractivity contribution in [2.45, 2.75) is 20.3 Å². The molecule has 0 fully saturated rings. The van der Waals surface area contributed by atoms with Gasteiger partial charge in [-0.2, -0.15) is 5.26 Å². The number of anilines is 1. The predicted octanol–water partition coefficient (Wildman–Crippen LogP) is 5.41. The zero-order chi connectivity index (χ0) is 26.8. The van der Waals surface area contributed by atoms with Crippen LogP contribution in [0.2, 0.25) is 5.02 Å².